The summed E-state index contributed by atoms with van der Waals surface area (Å²) in [5, 5.41) is 13.5. The number of halogens is 2. The van der Waals surface area contributed by atoms with Crippen molar-refractivity contribution in [3.63, 3.8) is 0 Å². The summed E-state index contributed by atoms with van der Waals surface area (Å²) >= 11 is 0. The van der Waals surface area contributed by atoms with Gasteiger partial charge in [-0.25, -0.2) is 8.78 Å². The molecule has 0 saturated heterocycles. The molecule has 1 unspecified atom stereocenters. The summed E-state index contributed by atoms with van der Waals surface area (Å²) < 4.78 is 26.6. The van der Waals surface area contributed by atoms with Crippen LogP contribution < -0.4 is 10.6 Å². The molecule has 1 atom stereocenters. The van der Waals surface area contributed by atoms with Gasteiger partial charge in [0.05, 0.1) is 6.54 Å². The lowest BCUT2D eigenvalue weighted by atomic mass is 10.1. The third kappa shape index (κ3) is 4.58. The van der Waals surface area contributed by atoms with Crippen molar-refractivity contribution in [3.05, 3.63) is 29.8 Å². The van der Waals surface area contributed by atoms with Gasteiger partial charge in [-0.1, -0.05) is 19.4 Å². The standard InChI is InChI=1S/C13H16F2N2O3/c1-2-4-10(13(19)20)16-7-11(18)17-12-8(14)5-3-6-9(12)15/h3,5-6,10,16H,2,4,7H2,1H3,(H,17,18)(H,19,20). The Labute approximate surface area is 115 Å². The third-order valence-electron chi connectivity index (χ3n) is 2.61. The van der Waals surface area contributed by atoms with Gasteiger partial charge in [-0.3, -0.25) is 14.9 Å². The van der Waals surface area contributed by atoms with E-state index >= 15 is 0 Å². The van der Waals surface area contributed by atoms with Crippen LogP contribution in [0.15, 0.2) is 18.2 Å². The first-order valence-corrected chi connectivity index (χ1v) is 6.15. The van der Waals surface area contributed by atoms with Gasteiger partial charge in [-0.2, -0.15) is 0 Å². The zero-order valence-electron chi connectivity index (χ0n) is 11.0. The molecule has 5 nitrogen and oxygen atoms in total. The van der Waals surface area contributed by atoms with Crippen molar-refractivity contribution in [2.75, 3.05) is 11.9 Å². The maximum atomic E-state index is 13.3. The lowest BCUT2D eigenvalue weighted by Crippen LogP contribution is -2.41. The molecule has 0 bridgehead atoms. The second-order valence-corrected chi connectivity index (χ2v) is 4.21. The first kappa shape index (κ1) is 16.0. The second-order valence-electron chi connectivity index (χ2n) is 4.21. The predicted molar refractivity (Wildman–Crippen MR) is 69.3 cm³/mol. The van der Waals surface area contributed by atoms with Gasteiger partial charge in [0.15, 0.2) is 0 Å². The average molecular weight is 286 g/mol. The summed E-state index contributed by atoms with van der Waals surface area (Å²) in [6, 6.07) is 2.35. The number of carboxylic acids is 1. The Bertz CT molecular complexity index is 474. The lowest BCUT2D eigenvalue weighted by molar-refractivity contribution is -0.139. The first-order chi connectivity index (χ1) is 9.45. The van der Waals surface area contributed by atoms with Crippen molar-refractivity contribution in [2.24, 2.45) is 0 Å². The zero-order valence-corrected chi connectivity index (χ0v) is 11.0. The number of anilines is 1. The van der Waals surface area contributed by atoms with Crippen LogP contribution in [-0.2, 0) is 9.59 Å². The van der Waals surface area contributed by atoms with Gasteiger partial charge in [0.1, 0.15) is 23.4 Å². The maximum Gasteiger partial charge on any atom is 0.320 e. The Morgan fingerprint density at radius 2 is 1.90 bits per heavy atom. The van der Waals surface area contributed by atoms with Gasteiger partial charge >= 0.3 is 5.97 Å². The summed E-state index contributed by atoms with van der Waals surface area (Å²) in [5.74, 6) is -3.56. The highest BCUT2D eigenvalue weighted by Crippen LogP contribution is 2.17. The highest BCUT2D eigenvalue weighted by Gasteiger charge is 2.18. The van der Waals surface area contributed by atoms with Gasteiger partial charge < -0.3 is 10.4 Å². The van der Waals surface area contributed by atoms with E-state index in [0.29, 0.717) is 12.8 Å². The molecule has 0 fully saturated rings. The molecular weight excluding hydrogens is 270 g/mol. The van der Waals surface area contributed by atoms with E-state index in [-0.39, 0.29) is 6.54 Å². The molecule has 0 aromatic heterocycles. The van der Waals surface area contributed by atoms with Crippen molar-refractivity contribution in [2.45, 2.75) is 25.8 Å². The predicted octanol–water partition coefficient (Wildman–Crippen LogP) is 1.75. The third-order valence-corrected chi connectivity index (χ3v) is 2.61. The molecule has 7 heteroatoms. The molecular formula is C13H16F2N2O3. The fourth-order valence-corrected chi connectivity index (χ4v) is 1.62. The molecule has 1 aromatic rings. The Hall–Kier alpha value is -2.02. The molecule has 0 aliphatic carbocycles. The second kappa shape index (κ2) is 7.54. The summed E-state index contributed by atoms with van der Waals surface area (Å²) in [6.45, 7) is 1.47. The van der Waals surface area contributed by atoms with Gasteiger partial charge in [0.2, 0.25) is 5.91 Å². The average Bonchev–Trinajstić information content (AvgIpc) is 2.38. The molecule has 0 aliphatic heterocycles. The first-order valence-electron chi connectivity index (χ1n) is 6.15. The van der Waals surface area contributed by atoms with Crippen molar-refractivity contribution in [1.82, 2.24) is 5.32 Å². The van der Waals surface area contributed by atoms with Crippen LogP contribution in [0.25, 0.3) is 0 Å². The molecule has 1 rings (SSSR count). The molecule has 20 heavy (non-hydrogen) atoms. The highest BCUT2D eigenvalue weighted by molar-refractivity contribution is 5.92. The summed E-state index contributed by atoms with van der Waals surface area (Å²) in [5.41, 5.74) is -0.540. The summed E-state index contributed by atoms with van der Waals surface area (Å²) in [7, 11) is 0. The van der Waals surface area contributed by atoms with E-state index in [0.717, 1.165) is 12.1 Å². The monoisotopic (exact) mass is 286 g/mol. The fraction of sp³-hybridized carbons (Fsp3) is 0.385. The minimum atomic E-state index is -1.07. The van der Waals surface area contributed by atoms with Crippen LogP contribution in [0.2, 0.25) is 0 Å². The van der Waals surface area contributed by atoms with Crippen molar-refractivity contribution >= 4 is 17.6 Å². The number of hydrogen-bond donors (Lipinski definition) is 3. The van der Waals surface area contributed by atoms with E-state index in [2.05, 4.69) is 10.6 Å². The molecule has 3 N–H and O–H groups in total. The number of carbonyl (C=O) groups is 2. The Morgan fingerprint density at radius 1 is 1.30 bits per heavy atom. The van der Waals surface area contributed by atoms with Crippen LogP contribution in [0.5, 0.6) is 0 Å². The number of hydrogen-bond acceptors (Lipinski definition) is 3. The Kier molecular flexibility index (Phi) is 6.05. The molecule has 110 valence electrons. The van der Waals surface area contributed by atoms with Crippen LogP contribution in [-0.4, -0.2) is 29.6 Å². The normalized spacial score (nSPS) is 11.9. The molecule has 0 radical (unpaired) electrons. The van der Waals surface area contributed by atoms with Gasteiger partial charge in [0, 0.05) is 0 Å². The maximum absolute atomic E-state index is 13.3. The van der Waals surface area contributed by atoms with Gasteiger partial charge in [0.25, 0.3) is 0 Å². The van der Waals surface area contributed by atoms with E-state index in [4.69, 9.17) is 5.11 Å². The van der Waals surface area contributed by atoms with Crippen LogP contribution in [0, 0.1) is 11.6 Å². The van der Waals surface area contributed by atoms with Crippen molar-refractivity contribution in [3.8, 4) is 0 Å². The van der Waals surface area contributed by atoms with Gasteiger partial charge in [-0.15, -0.1) is 0 Å². The summed E-state index contributed by atoms with van der Waals surface area (Å²) in [4.78, 5) is 22.4. The fourth-order valence-electron chi connectivity index (χ4n) is 1.62. The number of amides is 1. The van der Waals surface area contributed by atoms with Crippen molar-refractivity contribution < 1.29 is 23.5 Å². The number of carboxylic acid groups (broad SMARTS) is 1. The highest BCUT2D eigenvalue weighted by atomic mass is 19.1. The number of rotatable bonds is 7. The number of benzene rings is 1. The van der Waals surface area contributed by atoms with Crippen LogP contribution >= 0.6 is 0 Å². The van der Waals surface area contributed by atoms with E-state index in [1.807, 2.05) is 6.92 Å². The van der Waals surface area contributed by atoms with E-state index in [1.165, 1.54) is 6.07 Å². The molecule has 1 aromatic carbocycles. The van der Waals surface area contributed by atoms with Crippen LogP contribution in [0.3, 0.4) is 0 Å². The van der Waals surface area contributed by atoms with E-state index in [1.54, 1.807) is 0 Å². The largest absolute Gasteiger partial charge is 0.480 e. The Morgan fingerprint density at radius 3 is 2.40 bits per heavy atom. The smallest absolute Gasteiger partial charge is 0.320 e. The molecule has 0 aliphatic rings. The summed E-state index contributed by atoms with van der Waals surface area (Å²) in [6.07, 6.45) is 0.990. The van der Waals surface area contributed by atoms with Crippen LogP contribution in [0.4, 0.5) is 14.5 Å². The number of para-hydroxylation sites is 1. The van der Waals surface area contributed by atoms with Crippen molar-refractivity contribution in [1.29, 1.82) is 0 Å². The SMILES string of the molecule is CCCC(NCC(=O)Nc1c(F)cccc1F)C(=O)O. The number of aliphatic carboxylic acids is 1. The molecule has 0 spiro atoms. The minimum absolute atomic E-state index is 0.343. The minimum Gasteiger partial charge on any atom is -0.480 e. The quantitative estimate of drug-likeness (QED) is 0.713. The molecule has 0 heterocycles. The topological polar surface area (TPSA) is 78.4 Å². The number of nitrogens with one attached hydrogen (secondary N) is 2. The molecule has 0 saturated carbocycles. The van der Waals surface area contributed by atoms with E-state index < -0.39 is 35.2 Å². The lowest BCUT2D eigenvalue weighted by Gasteiger charge is -2.13. The zero-order chi connectivity index (χ0) is 15.1. The Balaban J connectivity index is 2.58. The number of carbonyl (C=O) groups excluding carboxylic acids is 1. The molecule has 1 amide bonds. The van der Waals surface area contributed by atoms with Gasteiger partial charge in [-0.05, 0) is 18.6 Å². The van der Waals surface area contributed by atoms with Crippen LogP contribution in [0.1, 0.15) is 19.8 Å². The van der Waals surface area contributed by atoms with E-state index in [9.17, 15) is 18.4 Å².